The van der Waals surface area contributed by atoms with E-state index in [-0.39, 0.29) is 34.2 Å². The zero-order valence-electron chi connectivity index (χ0n) is 16.0. The number of halogens is 1. The summed E-state index contributed by atoms with van der Waals surface area (Å²) in [5, 5.41) is 2.97. The van der Waals surface area contributed by atoms with E-state index in [1.54, 1.807) is 0 Å². The molecule has 1 atom stereocenters. The first-order chi connectivity index (χ1) is 13.9. The van der Waals surface area contributed by atoms with Gasteiger partial charge in [-0.15, -0.1) is 0 Å². The van der Waals surface area contributed by atoms with E-state index in [1.165, 1.54) is 22.5 Å². The summed E-state index contributed by atoms with van der Waals surface area (Å²) in [7, 11) is -3.65. The van der Waals surface area contributed by atoms with Crippen LogP contribution in [0.25, 0.3) is 0 Å². The first kappa shape index (κ1) is 21.6. The summed E-state index contributed by atoms with van der Waals surface area (Å²) in [4.78, 5) is 12.2. The van der Waals surface area contributed by atoms with E-state index in [1.807, 2.05) is 37.3 Å². The molecular weight excluding hydrogens is 416 g/mol. The van der Waals surface area contributed by atoms with Crippen molar-refractivity contribution in [3.8, 4) is 5.75 Å². The number of sulfonamides is 1. The third-order valence-corrected chi connectivity index (χ3v) is 6.74. The van der Waals surface area contributed by atoms with Gasteiger partial charge in [0.2, 0.25) is 10.0 Å². The summed E-state index contributed by atoms with van der Waals surface area (Å²) >= 11 is 6.20. The minimum Gasteiger partial charge on any atom is -0.482 e. The molecule has 1 aliphatic heterocycles. The summed E-state index contributed by atoms with van der Waals surface area (Å²) < 4.78 is 37.4. The van der Waals surface area contributed by atoms with Crippen molar-refractivity contribution < 1.29 is 22.7 Å². The molecule has 0 bridgehead atoms. The molecule has 9 heteroatoms. The number of rotatable bonds is 7. The fourth-order valence-electron chi connectivity index (χ4n) is 2.95. The second-order valence-corrected chi connectivity index (χ2v) is 8.94. The van der Waals surface area contributed by atoms with Crippen LogP contribution < -0.4 is 10.1 Å². The van der Waals surface area contributed by atoms with Crippen LogP contribution in [0.1, 0.15) is 18.5 Å². The highest BCUT2D eigenvalue weighted by molar-refractivity contribution is 7.89. The molecule has 0 saturated carbocycles. The van der Waals surface area contributed by atoms with Gasteiger partial charge in [0.05, 0.1) is 29.2 Å². The molecule has 0 spiro atoms. The number of hydrogen-bond donors (Lipinski definition) is 1. The Morgan fingerprint density at radius 3 is 2.55 bits per heavy atom. The van der Waals surface area contributed by atoms with Crippen LogP contribution in [0, 0.1) is 0 Å². The van der Waals surface area contributed by atoms with Crippen molar-refractivity contribution in [2.24, 2.45) is 0 Å². The number of carbonyl (C=O) groups is 1. The molecule has 0 unspecified atom stereocenters. The molecule has 7 nitrogen and oxygen atoms in total. The van der Waals surface area contributed by atoms with Gasteiger partial charge in [0.25, 0.3) is 5.91 Å². The van der Waals surface area contributed by atoms with Crippen LogP contribution in [0.3, 0.4) is 0 Å². The molecule has 1 aliphatic rings. The zero-order chi connectivity index (χ0) is 20.9. The summed E-state index contributed by atoms with van der Waals surface area (Å²) in [6.07, 6.45) is 0. The maximum Gasteiger partial charge on any atom is 0.258 e. The Bertz CT molecular complexity index is 947. The number of nitrogens with zero attached hydrogens (tertiary/aromatic N) is 1. The van der Waals surface area contributed by atoms with Crippen molar-refractivity contribution in [2.75, 3.05) is 32.9 Å². The van der Waals surface area contributed by atoms with Gasteiger partial charge in [0.15, 0.2) is 6.61 Å². The van der Waals surface area contributed by atoms with Gasteiger partial charge >= 0.3 is 0 Å². The van der Waals surface area contributed by atoms with Crippen molar-refractivity contribution in [1.82, 2.24) is 9.62 Å². The van der Waals surface area contributed by atoms with Crippen LogP contribution in [-0.4, -0.2) is 51.5 Å². The number of ether oxygens (including phenoxy) is 2. The largest absolute Gasteiger partial charge is 0.482 e. The smallest absolute Gasteiger partial charge is 0.258 e. The van der Waals surface area contributed by atoms with E-state index in [2.05, 4.69) is 5.32 Å². The SMILES string of the molecule is C[C@H](NC(=O)COc1ccc(S(=O)(=O)N2CCOCC2)cc1Cl)c1ccccc1. The van der Waals surface area contributed by atoms with Gasteiger partial charge in [-0.1, -0.05) is 41.9 Å². The lowest BCUT2D eigenvalue weighted by molar-refractivity contribution is -0.123. The first-order valence-corrected chi connectivity index (χ1v) is 11.0. The normalized spacial score (nSPS) is 16.2. The molecule has 1 fully saturated rings. The Hall–Kier alpha value is -2.13. The molecule has 0 aromatic heterocycles. The Morgan fingerprint density at radius 2 is 1.90 bits per heavy atom. The van der Waals surface area contributed by atoms with Gasteiger partial charge in [-0.05, 0) is 30.7 Å². The monoisotopic (exact) mass is 438 g/mol. The number of morpholine rings is 1. The maximum absolute atomic E-state index is 12.7. The predicted molar refractivity (Wildman–Crippen MR) is 110 cm³/mol. The second kappa shape index (κ2) is 9.58. The third-order valence-electron chi connectivity index (χ3n) is 4.55. The van der Waals surface area contributed by atoms with Crippen LogP contribution >= 0.6 is 11.6 Å². The summed E-state index contributed by atoms with van der Waals surface area (Å²) in [6.45, 7) is 2.99. The second-order valence-electron chi connectivity index (χ2n) is 6.60. The molecule has 3 rings (SSSR count). The zero-order valence-corrected chi connectivity index (χ0v) is 17.6. The highest BCUT2D eigenvalue weighted by Gasteiger charge is 2.27. The van der Waals surface area contributed by atoms with Gasteiger partial charge in [-0.3, -0.25) is 4.79 Å². The number of hydrogen-bond acceptors (Lipinski definition) is 5. The maximum atomic E-state index is 12.7. The molecule has 2 aromatic carbocycles. The lowest BCUT2D eigenvalue weighted by atomic mass is 10.1. The number of amides is 1. The van der Waals surface area contributed by atoms with E-state index in [9.17, 15) is 13.2 Å². The van der Waals surface area contributed by atoms with Gasteiger partial charge in [-0.2, -0.15) is 4.31 Å². The molecule has 1 N–H and O–H groups in total. The fourth-order valence-corrected chi connectivity index (χ4v) is 4.68. The van der Waals surface area contributed by atoms with E-state index in [4.69, 9.17) is 21.1 Å². The van der Waals surface area contributed by atoms with E-state index < -0.39 is 10.0 Å². The van der Waals surface area contributed by atoms with Crippen molar-refractivity contribution in [3.63, 3.8) is 0 Å². The minimum absolute atomic E-state index is 0.0823. The molecular formula is C20H23ClN2O5S. The molecule has 1 saturated heterocycles. The summed E-state index contributed by atoms with van der Waals surface area (Å²) in [5.41, 5.74) is 0.983. The van der Waals surface area contributed by atoms with E-state index >= 15 is 0 Å². The molecule has 0 radical (unpaired) electrons. The van der Waals surface area contributed by atoms with Crippen LogP contribution in [-0.2, 0) is 19.6 Å². The van der Waals surface area contributed by atoms with Crippen LogP contribution in [0.2, 0.25) is 5.02 Å². The predicted octanol–water partition coefficient (Wildman–Crippen LogP) is 2.62. The summed E-state index contributed by atoms with van der Waals surface area (Å²) in [5.74, 6) is -0.0578. The quantitative estimate of drug-likeness (QED) is 0.718. The van der Waals surface area contributed by atoms with Crippen molar-refractivity contribution in [3.05, 3.63) is 59.1 Å². The van der Waals surface area contributed by atoms with Gasteiger partial charge < -0.3 is 14.8 Å². The molecule has 2 aromatic rings. The minimum atomic E-state index is -3.65. The molecule has 29 heavy (non-hydrogen) atoms. The van der Waals surface area contributed by atoms with E-state index in [0.29, 0.717) is 26.3 Å². The fraction of sp³-hybridized carbons (Fsp3) is 0.350. The number of nitrogens with one attached hydrogen (secondary N) is 1. The van der Waals surface area contributed by atoms with Gasteiger partial charge in [0.1, 0.15) is 5.75 Å². The average molecular weight is 439 g/mol. The van der Waals surface area contributed by atoms with Gasteiger partial charge in [0, 0.05) is 13.1 Å². The summed E-state index contributed by atoms with van der Waals surface area (Å²) in [6, 6.07) is 13.6. The first-order valence-electron chi connectivity index (χ1n) is 9.22. The Morgan fingerprint density at radius 1 is 1.21 bits per heavy atom. The molecule has 1 heterocycles. The average Bonchev–Trinajstić information content (AvgIpc) is 2.74. The Balaban J connectivity index is 1.60. The number of benzene rings is 2. The van der Waals surface area contributed by atoms with Crippen LogP contribution in [0.15, 0.2) is 53.4 Å². The van der Waals surface area contributed by atoms with E-state index in [0.717, 1.165) is 5.56 Å². The highest BCUT2D eigenvalue weighted by atomic mass is 35.5. The highest BCUT2D eigenvalue weighted by Crippen LogP contribution is 2.29. The Labute approximate surface area is 175 Å². The van der Waals surface area contributed by atoms with Crippen molar-refractivity contribution in [1.29, 1.82) is 0 Å². The number of carbonyl (C=O) groups excluding carboxylic acids is 1. The lowest BCUT2D eigenvalue weighted by Gasteiger charge is -2.26. The molecule has 156 valence electrons. The van der Waals surface area contributed by atoms with Crippen molar-refractivity contribution >= 4 is 27.5 Å². The Kier molecular flexibility index (Phi) is 7.13. The molecule has 0 aliphatic carbocycles. The lowest BCUT2D eigenvalue weighted by Crippen LogP contribution is -2.40. The van der Waals surface area contributed by atoms with Crippen molar-refractivity contribution in [2.45, 2.75) is 17.9 Å². The van der Waals surface area contributed by atoms with Crippen LogP contribution in [0.5, 0.6) is 5.75 Å². The van der Waals surface area contributed by atoms with Crippen LogP contribution in [0.4, 0.5) is 0 Å². The standard InChI is InChI=1S/C20H23ClN2O5S/c1-15(16-5-3-2-4-6-16)22-20(24)14-28-19-8-7-17(13-18(19)21)29(25,26)23-9-11-27-12-10-23/h2-8,13,15H,9-12,14H2,1H3,(H,22,24)/t15-/m0/s1. The third kappa shape index (κ3) is 5.48. The topological polar surface area (TPSA) is 84.9 Å². The van der Waals surface area contributed by atoms with Gasteiger partial charge in [-0.25, -0.2) is 8.42 Å². The molecule has 1 amide bonds.